The van der Waals surface area contributed by atoms with Crippen LogP contribution in [0, 0.1) is 5.92 Å². The zero-order valence-electron chi connectivity index (χ0n) is 13.5. The van der Waals surface area contributed by atoms with Crippen molar-refractivity contribution in [2.24, 2.45) is 5.92 Å². The number of carboxylic acid groups (broad SMARTS) is 1. The molecule has 1 unspecified atom stereocenters. The van der Waals surface area contributed by atoms with Crippen molar-refractivity contribution in [1.82, 2.24) is 4.90 Å². The Morgan fingerprint density at radius 2 is 1.92 bits per heavy atom. The van der Waals surface area contributed by atoms with Crippen LogP contribution >= 0.6 is 15.9 Å². The fraction of sp³-hybridized carbons (Fsp3) is 0.529. The number of aliphatic carboxylic acids is 1. The molecule has 0 spiro atoms. The summed E-state index contributed by atoms with van der Waals surface area (Å²) in [6, 6.07) is 3.82. The molecule has 1 amide bonds. The first-order chi connectivity index (χ1) is 11.5. The average molecular weight is 398 g/mol. The largest absolute Gasteiger partial charge is 0.486 e. The molecule has 24 heavy (non-hydrogen) atoms. The van der Waals surface area contributed by atoms with Gasteiger partial charge in [-0.1, -0.05) is 22.9 Å². The SMILES string of the molecule is CC(CN(C(=O)Cc1cc2c(cc1Br)OCCO2)C1CC1)C(=O)O. The van der Waals surface area contributed by atoms with E-state index in [1.165, 1.54) is 0 Å². The average Bonchev–Trinajstić information content (AvgIpc) is 3.37. The molecule has 130 valence electrons. The number of carboxylic acids is 1. The van der Waals surface area contributed by atoms with Crippen molar-refractivity contribution in [2.75, 3.05) is 19.8 Å². The molecule has 3 rings (SSSR count). The summed E-state index contributed by atoms with van der Waals surface area (Å²) in [5, 5.41) is 9.11. The summed E-state index contributed by atoms with van der Waals surface area (Å²) in [6.07, 6.45) is 2.10. The van der Waals surface area contributed by atoms with E-state index in [1.807, 2.05) is 12.1 Å². The van der Waals surface area contributed by atoms with E-state index < -0.39 is 11.9 Å². The van der Waals surface area contributed by atoms with Crippen molar-refractivity contribution >= 4 is 27.8 Å². The quantitative estimate of drug-likeness (QED) is 0.797. The highest BCUT2D eigenvalue weighted by Crippen LogP contribution is 2.36. The van der Waals surface area contributed by atoms with Crippen LogP contribution in [0.1, 0.15) is 25.3 Å². The summed E-state index contributed by atoms with van der Waals surface area (Å²) < 4.78 is 11.9. The van der Waals surface area contributed by atoms with Gasteiger partial charge in [0.25, 0.3) is 0 Å². The number of nitrogens with zero attached hydrogens (tertiary/aromatic N) is 1. The van der Waals surface area contributed by atoms with Crippen molar-refractivity contribution in [1.29, 1.82) is 0 Å². The van der Waals surface area contributed by atoms with Crippen LogP contribution in [0.15, 0.2) is 16.6 Å². The Morgan fingerprint density at radius 1 is 1.29 bits per heavy atom. The van der Waals surface area contributed by atoms with Gasteiger partial charge >= 0.3 is 5.97 Å². The molecule has 1 N–H and O–H groups in total. The number of carbonyl (C=O) groups is 2. The highest BCUT2D eigenvalue weighted by atomic mass is 79.9. The Bertz CT molecular complexity index is 659. The van der Waals surface area contributed by atoms with E-state index >= 15 is 0 Å². The maximum Gasteiger partial charge on any atom is 0.308 e. The van der Waals surface area contributed by atoms with Gasteiger partial charge in [-0.05, 0) is 30.5 Å². The lowest BCUT2D eigenvalue weighted by molar-refractivity contribution is -0.143. The molecule has 0 aromatic heterocycles. The third-order valence-electron chi connectivity index (χ3n) is 4.25. The topological polar surface area (TPSA) is 76.1 Å². The molecule has 0 radical (unpaired) electrons. The van der Waals surface area contributed by atoms with Crippen molar-refractivity contribution in [3.8, 4) is 11.5 Å². The van der Waals surface area contributed by atoms with E-state index in [-0.39, 0.29) is 24.9 Å². The van der Waals surface area contributed by atoms with Gasteiger partial charge in [0.1, 0.15) is 13.2 Å². The molecule has 1 atom stereocenters. The minimum atomic E-state index is -0.881. The summed E-state index contributed by atoms with van der Waals surface area (Å²) in [4.78, 5) is 25.5. The number of rotatable bonds is 6. The molecular formula is C17H20BrNO5. The number of fused-ring (bicyclic) bond motifs is 1. The van der Waals surface area contributed by atoms with Gasteiger partial charge in [-0.2, -0.15) is 0 Å². The maximum absolute atomic E-state index is 12.7. The van der Waals surface area contributed by atoms with Gasteiger partial charge in [-0.3, -0.25) is 9.59 Å². The van der Waals surface area contributed by atoms with Crippen molar-refractivity contribution in [2.45, 2.75) is 32.2 Å². The molecule has 1 aliphatic carbocycles. The lowest BCUT2D eigenvalue weighted by atomic mass is 10.1. The maximum atomic E-state index is 12.7. The van der Waals surface area contributed by atoms with E-state index in [1.54, 1.807) is 11.8 Å². The number of halogens is 1. The van der Waals surface area contributed by atoms with Crippen LogP contribution < -0.4 is 9.47 Å². The predicted octanol–water partition coefficient (Wildman–Crippen LogP) is 2.47. The lowest BCUT2D eigenvalue weighted by Gasteiger charge is -2.25. The second-order valence-corrected chi connectivity index (χ2v) is 7.13. The van der Waals surface area contributed by atoms with Gasteiger partial charge in [-0.15, -0.1) is 0 Å². The van der Waals surface area contributed by atoms with E-state index in [0.29, 0.717) is 24.7 Å². The first-order valence-electron chi connectivity index (χ1n) is 8.06. The number of ether oxygens (including phenoxy) is 2. The molecule has 1 aliphatic heterocycles. The highest BCUT2D eigenvalue weighted by Gasteiger charge is 2.34. The zero-order chi connectivity index (χ0) is 17.3. The number of hydrogen-bond donors (Lipinski definition) is 1. The predicted molar refractivity (Wildman–Crippen MR) is 90.4 cm³/mol. The molecule has 7 heteroatoms. The Balaban J connectivity index is 1.74. The molecule has 1 aromatic carbocycles. The second kappa shape index (κ2) is 7.01. The van der Waals surface area contributed by atoms with E-state index in [2.05, 4.69) is 15.9 Å². The molecule has 6 nitrogen and oxygen atoms in total. The van der Waals surface area contributed by atoms with Crippen LogP contribution in [0.3, 0.4) is 0 Å². The number of hydrogen-bond acceptors (Lipinski definition) is 4. The van der Waals surface area contributed by atoms with Gasteiger partial charge in [0.2, 0.25) is 5.91 Å². The molecular weight excluding hydrogens is 378 g/mol. The number of carbonyl (C=O) groups excluding carboxylic acids is 1. The van der Waals surface area contributed by atoms with Gasteiger partial charge in [-0.25, -0.2) is 0 Å². The Labute approximate surface area is 148 Å². The summed E-state index contributed by atoms with van der Waals surface area (Å²) >= 11 is 3.48. The summed E-state index contributed by atoms with van der Waals surface area (Å²) in [5.74, 6) is -0.192. The van der Waals surface area contributed by atoms with Crippen LogP contribution in [0.25, 0.3) is 0 Å². The molecule has 1 saturated carbocycles. The Hall–Kier alpha value is -1.76. The molecule has 2 aliphatic rings. The third-order valence-corrected chi connectivity index (χ3v) is 4.99. The van der Waals surface area contributed by atoms with Gasteiger partial charge < -0.3 is 19.5 Å². The van der Waals surface area contributed by atoms with E-state index in [4.69, 9.17) is 14.6 Å². The van der Waals surface area contributed by atoms with E-state index in [0.717, 1.165) is 22.9 Å². The molecule has 1 heterocycles. The fourth-order valence-electron chi connectivity index (χ4n) is 2.72. The second-order valence-electron chi connectivity index (χ2n) is 6.28. The number of amides is 1. The van der Waals surface area contributed by atoms with E-state index in [9.17, 15) is 9.59 Å². The summed E-state index contributed by atoms with van der Waals surface area (Å²) in [5.41, 5.74) is 0.817. The molecule has 0 bridgehead atoms. The first kappa shape index (κ1) is 17.1. The van der Waals surface area contributed by atoms with Crippen molar-refractivity contribution < 1.29 is 24.2 Å². The minimum Gasteiger partial charge on any atom is -0.486 e. The van der Waals surface area contributed by atoms with Crippen LogP contribution in [0.5, 0.6) is 11.5 Å². The smallest absolute Gasteiger partial charge is 0.308 e. The van der Waals surface area contributed by atoms with Gasteiger partial charge in [0.05, 0.1) is 12.3 Å². The van der Waals surface area contributed by atoms with Crippen molar-refractivity contribution in [3.63, 3.8) is 0 Å². The molecule has 0 saturated heterocycles. The first-order valence-corrected chi connectivity index (χ1v) is 8.85. The fourth-order valence-corrected chi connectivity index (χ4v) is 3.18. The normalized spacial score (nSPS) is 17.2. The summed E-state index contributed by atoms with van der Waals surface area (Å²) in [7, 11) is 0. The minimum absolute atomic E-state index is 0.0528. The van der Waals surface area contributed by atoms with Crippen LogP contribution in [-0.2, 0) is 16.0 Å². The molecule has 1 aromatic rings. The number of benzene rings is 1. The summed E-state index contributed by atoms with van der Waals surface area (Å²) in [6.45, 7) is 2.89. The van der Waals surface area contributed by atoms with Crippen LogP contribution in [-0.4, -0.2) is 47.7 Å². The third kappa shape index (κ3) is 3.83. The standard InChI is InChI=1S/C17H20BrNO5/c1-10(17(21)22)9-19(12-2-3-12)16(20)7-11-6-14-15(8-13(11)18)24-5-4-23-14/h6,8,10,12H,2-5,7,9H2,1H3,(H,21,22). The monoisotopic (exact) mass is 397 g/mol. The van der Waals surface area contributed by atoms with Crippen LogP contribution in [0.2, 0.25) is 0 Å². The van der Waals surface area contributed by atoms with Gasteiger partial charge in [0.15, 0.2) is 11.5 Å². The van der Waals surface area contributed by atoms with Gasteiger partial charge in [0, 0.05) is 17.1 Å². The zero-order valence-corrected chi connectivity index (χ0v) is 15.0. The molecule has 1 fully saturated rings. The van der Waals surface area contributed by atoms with Crippen LogP contribution in [0.4, 0.5) is 0 Å². The Morgan fingerprint density at radius 3 is 2.50 bits per heavy atom. The highest BCUT2D eigenvalue weighted by molar-refractivity contribution is 9.10. The Kier molecular flexibility index (Phi) is 4.99. The van der Waals surface area contributed by atoms with Crippen molar-refractivity contribution in [3.05, 3.63) is 22.2 Å². The lowest BCUT2D eigenvalue weighted by Crippen LogP contribution is -2.39.